The third-order valence-electron chi connectivity index (χ3n) is 4.70. The van der Waals surface area contributed by atoms with Gasteiger partial charge in [0.1, 0.15) is 5.76 Å². The summed E-state index contributed by atoms with van der Waals surface area (Å²) in [5.41, 5.74) is 1.87. The average molecular weight is 457 g/mol. The smallest absolute Gasteiger partial charge is 0.338 e. The average Bonchev–Trinajstić information content (AvgIpc) is 3.32. The first-order valence-electron chi connectivity index (χ1n) is 10.0. The molecule has 1 atom stereocenters. The molecule has 0 aliphatic heterocycles. The van der Waals surface area contributed by atoms with Crippen LogP contribution in [0.4, 0.5) is 5.69 Å². The van der Waals surface area contributed by atoms with Crippen LogP contribution in [0.5, 0.6) is 0 Å². The lowest BCUT2D eigenvalue weighted by Gasteiger charge is -2.14. The van der Waals surface area contributed by atoms with Crippen LogP contribution in [0.2, 0.25) is 0 Å². The number of sulfonamides is 1. The second kappa shape index (κ2) is 10.3. The van der Waals surface area contributed by atoms with Gasteiger partial charge in [0, 0.05) is 5.69 Å². The van der Waals surface area contributed by atoms with Crippen molar-refractivity contribution in [3.05, 3.63) is 83.8 Å². The van der Waals surface area contributed by atoms with Crippen LogP contribution < -0.4 is 10.0 Å². The quantitative estimate of drug-likeness (QED) is 0.476. The molecule has 2 aromatic carbocycles. The van der Waals surface area contributed by atoms with Crippen LogP contribution >= 0.6 is 0 Å². The van der Waals surface area contributed by atoms with Crippen molar-refractivity contribution in [2.75, 3.05) is 5.32 Å². The summed E-state index contributed by atoms with van der Waals surface area (Å²) < 4.78 is 37.5. The van der Waals surface area contributed by atoms with Gasteiger partial charge in [-0.05, 0) is 67.4 Å². The monoisotopic (exact) mass is 456 g/mol. The summed E-state index contributed by atoms with van der Waals surface area (Å²) in [5, 5.41) is 2.69. The molecular weight excluding hydrogens is 432 g/mol. The van der Waals surface area contributed by atoms with Crippen molar-refractivity contribution >= 4 is 27.6 Å². The zero-order chi connectivity index (χ0) is 23.1. The Kier molecular flexibility index (Phi) is 7.45. The topological polar surface area (TPSA) is 115 Å². The Morgan fingerprint density at radius 2 is 1.72 bits per heavy atom. The Morgan fingerprint density at radius 1 is 1.03 bits per heavy atom. The van der Waals surface area contributed by atoms with Gasteiger partial charge < -0.3 is 14.5 Å². The molecule has 0 saturated heterocycles. The van der Waals surface area contributed by atoms with Crippen LogP contribution in [0.15, 0.2) is 76.2 Å². The van der Waals surface area contributed by atoms with E-state index in [0.717, 1.165) is 12.0 Å². The number of amides is 1. The van der Waals surface area contributed by atoms with Crippen molar-refractivity contribution in [2.24, 2.45) is 0 Å². The van der Waals surface area contributed by atoms with E-state index < -0.39 is 28.0 Å². The largest absolute Gasteiger partial charge is 0.468 e. The molecule has 0 unspecified atom stereocenters. The lowest BCUT2D eigenvalue weighted by Crippen LogP contribution is -2.30. The highest BCUT2D eigenvalue weighted by Gasteiger charge is 2.20. The van der Waals surface area contributed by atoms with Gasteiger partial charge in [0.2, 0.25) is 10.0 Å². The van der Waals surface area contributed by atoms with E-state index >= 15 is 0 Å². The summed E-state index contributed by atoms with van der Waals surface area (Å²) >= 11 is 0. The van der Waals surface area contributed by atoms with E-state index in [1.807, 2.05) is 19.1 Å². The van der Waals surface area contributed by atoms with Crippen LogP contribution in [0.25, 0.3) is 0 Å². The van der Waals surface area contributed by atoms with Crippen molar-refractivity contribution < 1.29 is 27.2 Å². The Labute approximate surface area is 186 Å². The van der Waals surface area contributed by atoms with Crippen LogP contribution in [-0.2, 0) is 32.5 Å². The van der Waals surface area contributed by atoms with Gasteiger partial charge >= 0.3 is 5.97 Å². The molecule has 8 nitrogen and oxygen atoms in total. The summed E-state index contributed by atoms with van der Waals surface area (Å²) in [7, 11) is -3.78. The van der Waals surface area contributed by atoms with E-state index in [1.54, 1.807) is 24.3 Å². The Morgan fingerprint density at radius 3 is 2.31 bits per heavy atom. The molecule has 168 valence electrons. The van der Waals surface area contributed by atoms with E-state index in [0.29, 0.717) is 11.4 Å². The fourth-order valence-corrected chi connectivity index (χ4v) is 3.78. The van der Waals surface area contributed by atoms with Crippen molar-refractivity contribution in [3.8, 4) is 0 Å². The van der Waals surface area contributed by atoms with Crippen LogP contribution in [0.3, 0.4) is 0 Å². The number of rotatable bonds is 9. The molecule has 9 heteroatoms. The molecule has 0 fully saturated rings. The number of benzene rings is 2. The van der Waals surface area contributed by atoms with Gasteiger partial charge in [0.15, 0.2) is 6.10 Å². The van der Waals surface area contributed by atoms with Gasteiger partial charge in [-0.2, -0.15) is 0 Å². The number of esters is 1. The second-order valence-electron chi connectivity index (χ2n) is 7.02. The number of anilines is 1. The molecule has 0 spiro atoms. The van der Waals surface area contributed by atoms with E-state index in [-0.39, 0.29) is 17.0 Å². The number of carbonyl (C=O) groups excluding carboxylic acids is 2. The van der Waals surface area contributed by atoms with E-state index in [4.69, 9.17) is 9.15 Å². The second-order valence-corrected chi connectivity index (χ2v) is 8.78. The number of hydrogen-bond donors (Lipinski definition) is 2. The zero-order valence-electron chi connectivity index (χ0n) is 17.7. The molecule has 3 aromatic rings. The van der Waals surface area contributed by atoms with Crippen LogP contribution in [-0.4, -0.2) is 26.4 Å². The summed E-state index contributed by atoms with van der Waals surface area (Å²) in [5.74, 6) is -0.729. The van der Waals surface area contributed by atoms with Crippen LogP contribution in [0.1, 0.15) is 35.5 Å². The first-order valence-corrected chi connectivity index (χ1v) is 11.5. The molecule has 0 bridgehead atoms. The molecule has 0 radical (unpaired) electrons. The maximum absolute atomic E-state index is 12.4. The SMILES string of the molecule is CCc1ccc(NC(=O)[C@H](C)OC(=O)c2ccc(S(=O)(=O)NCc3ccco3)cc2)cc1. The molecule has 32 heavy (non-hydrogen) atoms. The molecule has 0 aliphatic rings. The van der Waals surface area contributed by atoms with Gasteiger partial charge in [0.25, 0.3) is 5.91 Å². The number of furan rings is 1. The lowest BCUT2D eigenvalue weighted by molar-refractivity contribution is -0.123. The van der Waals surface area contributed by atoms with Gasteiger partial charge in [-0.15, -0.1) is 0 Å². The summed E-state index contributed by atoms with van der Waals surface area (Å²) in [4.78, 5) is 24.7. The Balaban J connectivity index is 1.56. The Bertz CT molecular complexity index is 1150. The zero-order valence-corrected chi connectivity index (χ0v) is 18.5. The van der Waals surface area contributed by atoms with Crippen molar-refractivity contribution in [2.45, 2.75) is 37.8 Å². The Hall–Kier alpha value is -3.43. The third kappa shape index (κ3) is 6.05. The van der Waals surface area contributed by atoms with E-state index in [2.05, 4.69) is 10.0 Å². The first kappa shape index (κ1) is 23.2. The normalized spacial score (nSPS) is 12.2. The number of carbonyl (C=O) groups is 2. The van der Waals surface area contributed by atoms with Gasteiger partial charge in [-0.1, -0.05) is 19.1 Å². The minimum Gasteiger partial charge on any atom is -0.468 e. The number of nitrogens with one attached hydrogen (secondary N) is 2. The molecule has 1 amide bonds. The highest BCUT2D eigenvalue weighted by molar-refractivity contribution is 7.89. The molecular formula is C23H24N2O6S. The fourth-order valence-electron chi connectivity index (χ4n) is 2.78. The highest BCUT2D eigenvalue weighted by atomic mass is 32.2. The lowest BCUT2D eigenvalue weighted by atomic mass is 10.1. The predicted octanol–water partition coefficient (Wildman–Crippen LogP) is 3.50. The molecule has 2 N–H and O–H groups in total. The molecule has 0 aliphatic carbocycles. The number of ether oxygens (including phenoxy) is 1. The molecule has 0 saturated carbocycles. The molecule has 1 heterocycles. The predicted molar refractivity (Wildman–Crippen MR) is 119 cm³/mol. The van der Waals surface area contributed by atoms with Crippen molar-refractivity contribution in [1.29, 1.82) is 0 Å². The maximum Gasteiger partial charge on any atom is 0.338 e. The molecule has 3 rings (SSSR count). The standard InChI is InChI=1S/C23H24N2O6S/c1-3-17-6-10-19(11-7-17)25-22(26)16(2)31-23(27)18-8-12-21(13-9-18)32(28,29)24-15-20-5-4-14-30-20/h4-14,16,24H,3,15H2,1-2H3,(H,25,26)/t16-/m0/s1. The van der Waals surface area contributed by atoms with E-state index in [1.165, 1.54) is 37.5 Å². The molecule has 1 aromatic heterocycles. The maximum atomic E-state index is 12.4. The van der Waals surface area contributed by atoms with Gasteiger partial charge in [0.05, 0.1) is 23.3 Å². The summed E-state index contributed by atoms with van der Waals surface area (Å²) in [6.45, 7) is 3.51. The summed E-state index contributed by atoms with van der Waals surface area (Å²) in [6.07, 6.45) is 1.31. The summed E-state index contributed by atoms with van der Waals surface area (Å²) in [6, 6.07) is 15.9. The first-order chi connectivity index (χ1) is 15.3. The van der Waals surface area contributed by atoms with Crippen LogP contribution in [0, 0.1) is 0 Å². The van der Waals surface area contributed by atoms with Gasteiger partial charge in [-0.25, -0.2) is 17.9 Å². The minimum absolute atomic E-state index is 0.00687. The minimum atomic E-state index is -3.78. The highest BCUT2D eigenvalue weighted by Crippen LogP contribution is 2.14. The number of aryl methyl sites for hydroxylation is 1. The third-order valence-corrected chi connectivity index (χ3v) is 6.12. The van der Waals surface area contributed by atoms with Crippen molar-refractivity contribution in [3.63, 3.8) is 0 Å². The van der Waals surface area contributed by atoms with Crippen molar-refractivity contribution in [1.82, 2.24) is 4.72 Å². The number of hydrogen-bond acceptors (Lipinski definition) is 6. The van der Waals surface area contributed by atoms with E-state index in [9.17, 15) is 18.0 Å². The fraction of sp³-hybridized carbons (Fsp3) is 0.217. The van der Waals surface area contributed by atoms with Gasteiger partial charge in [-0.3, -0.25) is 4.79 Å².